The lowest BCUT2D eigenvalue weighted by atomic mass is 9.76. The maximum Gasteiger partial charge on any atom is 0.257 e. The SMILES string of the molecule is CCC(C)Sc1nc2c(c(=O)[nH]1)C(c1cc(OC)c(OC)cc1OC)C1=C(CCCC1=O)N2. The summed E-state index contributed by atoms with van der Waals surface area (Å²) in [4.78, 5) is 34.2. The van der Waals surface area contributed by atoms with Gasteiger partial charge in [-0.1, -0.05) is 25.6 Å². The Morgan fingerprint density at radius 3 is 2.45 bits per heavy atom. The molecule has 2 heterocycles. The van der Waals surface area contributed by atoms with Crippen LogP contribution in [0.25, 0.3) is 0 Å². The molecule has 8 nitrogen and oxygen atoms in total. The number of nitrogens with zero attached hydrogens (tertiary/aromatic N) is 1. The lowest BCUT2D eigenvalue weighted by Crippen LogP contribution is -2.33. The van der Waals surface area contributed by atoms with Gasteiger partial charge in [0.15, 0.2) is 22.4 Å². The number of methoxy groups -OCH3 is 3. The Hall–Kier alpha value is -2.94. The minimum absolute atomic E-state index is 0.0219. The van der Waals surface area contributed by atoms with Gasteiger partial charge in [0.25, 0.3) is 5.56 Å². The number of nitrogens with one attached hydrogen (secondary N) is 2. The number of carbonyl (C=O) groups is 1. The second-order valence-electron chi connectivity index (χ2n) is 8.15. The Labute approximate surface area is 197 Å². The number of aromatic nitrogens is 2. The van der Waals surface area contributed by atoms with E-state index in [4.69, 9.17) is 19.2 Å². The van der Waals surface area contributed by atoms with Crippen molar-refractivity contribution in [2.45, 2.75) is 55.9 Å². The summed E-state index contributed by atoms with van der Waals surface area (Å²) in [5.41, 5.74) is 2.20. The second kappa shape index (κ2) is 9.51. The van der Waals surface area contributed by atoms with Crippen LogP contribution in [-0.4, -0.2) is 42.3 Å². The van der Waals surface area contributed by atoms with E-state index in [1.54, 1.807) is 33.5 Å². The topological polar surface area (TPSA) is 103 Å². The zero-order valence-corrected chi connectivity index (χ0v) is 20.4. The Morgan fingerprint density at radius 2 is 1.79 bits per heavy atom. The van der Waals surface area contributed by atoms with Gasteiger partial charge in [-0.2, -0.15) is 0 Å². The molecule has 9 heteroatoms. The van der Waals surface area contributed by atoms with Gasteiger partial charge in [0.1, 0.15) is 11.6 Å². The lowest BCUT2D eigenvalue weighted by molar-refractivity contribution is -0.116. The quantitative estimate of drug-likeness (QED) is 0.456. The maximum absolute atomic E-state index is 13.4. The van der Waals surface area contributed by atoms with Crippen molar-refractivity contribution in [1.29, 1.82) is 0 Å². The third-order valence-corrected chi connectivity index (χ3v) is 7.32. The van der Waals surface area contributed by atoms with Crippen LogP contribution in [0.4, 0.5) is 5.82 Å². The van der Waals surface area contributed by atoms with E-state index in [9.17, 15) is 9.59 Å². The number of ether oxygens (including phenoxy) is 3. The van der Waals surface area contributed by atoms with E-state index in [1.807, 2.05) is 0 Å². The van der Waals surface area contributed by atoms with Crippen molar-refractivity contribution in [2.24, 2.45) is 0 Å². The highest BCUT2D eigenvalue weighted by Crippen LogP contribution is 2.48. The number of benzene rings is 1. The van der Waals surface area contributed by atoms with Crippen LogP contribution in [0.2, 0.25) is 0 Å². The van der Waals surface area contributed by atoms with Gasteiger partial charge in [0, 0.05) is 34.6 Å². The normalized spacial score (nSPS) is 18.2. The molecule has 2 N–H and O–H groups in total. The van der Waals surface area contributed by atoms with E-state index in [0.29, 0.717) is 56.6 Å². The van der Waals surface area contributed by atoms with E-state index in [0.717, 1.165) is 25.0 Å². The van der Waals surface area contributed by atoms with Crippen molar-refractivity contribution < 1.29 is 19.0 Å². The highest BCUT2D eigenvalue weighted by Gasteiger charge is 2.39. The fourth-order valence-corrected chi connectivity index (χ4v) is 5.20. The molecule has 1 aromatic carbocycles. The predicted molar refractivity (Wildman–Crippen MR) is 128 cm³/mol. The molecule has 33 heavy (non-hydrogen) atoms. The van der Waals surface area contributed by atoms with Crippen molar-refractivity contribution >= 4 is 23.4 Å². The molecule has 0 spiro atoms. The Morgan fingerprint density at radius 1 is 1.09 bits per heavy atom. The van der Waals surface area contributed by atoms with Crippen LogP contribution < -0.4 is 25.1 Å². The van der Waals surface area contributed by atoms with Crippen LogP contribution in [0, 0.1) is 0 Å². The number of aromatic amines is 1. The number of hydrogen-bond acceptors (Lipinski definition) is 8. The summed E-state index contributed by atoms with van der Waals surface area (Å²) < 4.78 is 16.6. The van der Waals surface area contributed by atoms with E-state index in [1.165, 1.54) is 11.8 Å². The number of ketones is 1. The molecule has 1 aliphatic heterocycles. The van der Waals surface area contributed by atoms with Crippen LogP contribution in [0.15, 0.2) is 33.4 Å². The van der Waals surface area contributed by atoms with Crippen molar-refractivity contribution in [3.63, 3.8) is 0 Å². The lowest BCUT2D eigenvalue weighted by Gasteiger charge is -2.33. The Bertz CT molecular complexity index is 1170. The molecule has 1 aromatic heterocycles. The van der Waals surface area contributed by atoms with E-state index < -0.39 is 5.92 Å². The van der Waals surface area contributed by atoms with Gasteiger partial charge in [-0.25, -0.2) is 4.98 Å². The van der Waals surface area contributed by atoms with Gasteiger partial charge in [-0.15, -0.1) is 0 Å². The number of Topliss-reactive ketones (excluding diaryl/α,β-unsaturated/α-hetero) is 1. The first-order valence-electron chi connectivity index (χ1n) is 11.1. The molecule has 4 rings (SSSR count). The largest absolute Gasteiger partial charge is 0.496 e. The molecule has 1 aliphatic carbocycles. The molecule has 2 atom stereocenters. The third-order valence-electron chi connectivity index (χ3n) is 6.17. The number of H-pyrrole nitrogens is 1. The van der Waals surface area contributed by atoms with E-state index >= 15 is 0 Å². The van der Waals surface area contributed by atoms with Crippen LogP contribution in [0.3, 0.4) is 0 Å². The Kier molecular flexibility index (Phi) is 6.69. The zero-order chi connectivity index (χ0) is 23.7. The summed E-state index contributed by atoms with van der Waals surface area (Å²) in [6.07, 6.45) is 2.87. The summed E-state index contributed by atoms with van der Waals surface area (Å²) in [6, 6.07) is 3.50. The first kappa shape index (κ1) is 23.2. The standard InChI is InChI=1S/C24H29N3O5S/c1-6-12(2)33-24-26-22-21(23(29)27-24)19(20-14(25-22)8-7-9-15(20)28)13-10-17(31-4)18(32-5)11-16(13)30-3/h10-12,19H,6-9H2,1-5H3,(H2,25,26,27,29). The van der Waals surface area contributed by atoms with Gasteiger partial charge in [0.2, 0.25) is 0 Å². The minimum atomic E-state index is -0.627. The number of carbonyl (C=O) groups excluding carboxylic acids is 1. The summed E-state index contributed by atoms with van der Waals surface area (Å²) in [5, 5.41) is 4.18. The summed E-state index contributed by atoms with van der Waals surface area (Å²) in [7, 11) is 4.65. The predicted octanol–water partition coefficient (Wildman–Crippen LogP) is 4.25. The zero-order valence-electron chi connectivity index (χ0n) is 19.5. The van der Waals surface area contributed by atoms with Crippen LogP contribution in [0.1, 0.15) is 56.6 Å². The minimum Gasteiger partial charge on any atom is -0.496 e. The monoisotopic (exact) mass is 471 g/mol. The molecule has 0 amide bonds. The summed E-state index contributed by atoms with van der Waals surface area (Å²) in [5.74, 6) is 1.38. The van der Waals surface area contributed by atoms with Crippen LogP contribution >= 0.6 is 11.8 Å². The van der Waals surface area contributed by atoms with Crippen LogP contribution in [0.5, 0.6) is 17.2 Å². The molecular formula is C24H29N3O5S. The van der Waals surface area contributed by atoms with Gasteiger partial charge in [0.05, 0.1) is 32.8 Å². The number of hydrogen-bond donors (Lipinski definition) is 2. The number of allylic oxidation sites excluding steroid dienone is 2. The Balaban J connectivity index is 1.96. The highest BCUT2D eigenvalue weighted by molar-refractivity contribution is 7.99. The van der Waals surface area contributed by atoms with E-state index in [-0.39, 0.29) is 11.3 Å². The van der Waals surface area contributed by atoms with Crippen molar-refractivity contribution in [3.8, 4) is 17.2 Å². The van der Waals surface area contributed by atoms with Crippen molar-refractivity contribution in [3.05, 3.63) is 44.9 Å². The molecule has 0 saturated heterocycles. The van der Waals surface area contributed by atoms with Gasteiger partial charge in [-0.05, 0) is 25.3 Å². The molecule has 2 aromatic rings. The molecule has 0 bridgehead atoms. The number of thioether (sulfide) groups is 1. The van der Waals surface area contributed by atoms with Gasteiger partial charge < -0.3 is 24.5 Å². The average molecular weight is 472 g/mol. The third kappa shape index (κ3) is 4.21. The van der Waals surface area contributed by atoms with Gasteiger partial charge in [-0.3, -0.25) is 9.59 Å². The fraction of sp³-hybridized carbons (Fsp3) is 0.458. The maximum atomic E-state index is 13.4. The van der Waals surface area contributed by atoms with E-state index in [2.05, 4.69) is 24.1 Å². The van der Waals surface area contributed by atoms with Crippen molar-refractivity contribution in [2.75, 3.05) is 26.6 Å². The fourth-order valence-electron chi connectivity index (χ4n) is 4.36. The van der Waals surface area contributed by atoms with Crippen molar-refractivity contribution in [1.82, 2.24) is 9.97 Å². The molecule has 2 unspecified atom stereocenters. The first-order valence-corrected chi connectivity index (χ1v) is 11.9. The molecule has 2 aliphatic rings. The number of rotatable bonds is 7. The molecular weight excluding hydrogens is 442 g/mol. The molecule has 0 fully saturated rings. The first-order chi connectivity index (χ1) is 15.9. The smallest absolute Gasteiger partial charge is 0.257 e. The van der Waals surface area contributed by atoms with Crippen LogP contribution in [-0.2, 0) is 4.79 Å². The molecule has 0 radical (unpaired) electrons. The number of anilines is 1. The summed E-state index contributed by atoms with van der Waals surface area (Å²) in [6.45, 7) is 4.19. The van der Waals surface area contributed by atoms with Gasteiger partial charge >= 0.3 is 0 Å². The molecule has 0 saturated carbocycles. The molecule has 176 valence electrons. The summed E-state index contributed by atoms with van der Waals surface area (Å²) >= 11 is 1.53. The number of fused-ring (bicyclic) bond motifs is 1. The average Bonchev–Trinajstić information content (AvgIpc) is 2.81. The highest BCUT2D eigenvalue weighted by atomic mass is 32.2. The second-order valence-corrected chi connectivity index (χ2v) is 9.57.